The number of nitrogens with zero attached hydrogens (tertiary/aromatic N) is 2. The summed E-state index contributed by atoms with van der Waals surface area (Å²) in [5, 5.41) is 8.70. The smallest absolute Gasteiger partial charge is 0.356 e. The van der Waals surface area contributed by atoms with E-state index in [1.807, 2.05) is 4.57 Å². The number of hydrogen-bond acceptors (Lipinski definition) is 3. The molecule has 5 nitrogen and oxygen atoms in total. The predicted molar refractivity (Wildman–Crippen MR) is 48.3 cm³/mol. The van der Waals surface area contributed by atoms with Crippen LogP contribution in [-0.4, -0.2) is 33.8 Å². The molecule has 14 heavy (non-hydrogen) atoms. The Labute approximate surface area is 81.3 Å². The minimum Gasteiger partial charge on any atom is -0.476 e. The minimum absolute atomic E-state index is 0.108. The summed E-state index contributed by atoms with van der Waals surface area (Å²) >= 11 is 0. The van der Waals surface area contributed by atoms with Gasteiger partial charge < -0.3 is 14.4 Å². The van der Waals surface area contributed by atoms with Crippen molar-refractivity contribution in [2.24, 2.45) is 0 Å². The molecule has 0 spiro atoms. The van der Waals surface area contributed by atoms with Crippen molar-refractivity contribution in [3.8, 4) is 0 Å². The number of imidazole rings is 1. The summed E-state index contributed by atoms with van der Waals surface area (Å²) in [6, 6.07) is 0.337. The van der Waals surface area contributed by atoms with Crippen molar-refractivity contribution in [3.63, 3.8) is 0 Å². The molecule has 2 heterocycles. The highest BCUT2D eigenvalue weighted by atomic mass is 16.5. The fourth-order valence-electron chi connectivity index (χ4n) is 1.63. The van der Waals surface area contributed by atoms with E-state index in [4.69, 9.17) is 9.84 Å². The van der Waals surface area contributed by atoms with Crippen LogP contribution < -0.4 is 0 Å². The third-order valence-electron chi connectivity index (χ3n) is 2.43. The van der Waals surface area contributed by atoms with E-state index in [0.29, 0.717) is 6.04 Å². The molecule has 5 heteroatoms. The first-order valence-electron chi connectivity index (χ1n) is 4.62. The Morgan fingerprint density at radius 2 is 2.29 bits per heavy atom. The van der Waals surface area contributed by atoms with E-state index < -0.39 is 5.97 Å². The maximum atomic E-state index is 10.6. The van der Waals surface area contributed by atoms with E-state index in [9.17, 15) is 4.79 Å². The van der Waals surface area contributed by atoms with Crippen LogP contribution in [0.5, 0.6) is 0 Å². The van der Waals surface area contributed by atoms with Gasteiger partial charge in [-0.25, -0.2) is 9.78 Å². The molecule has 0 radical (unpaired) electrons. The molecule has 1 saturated heterocycles. The van der Waals surface area contributed by atoms with Crippen molar-refractivity contribution in [2.75, 3.05) is 13.2 Å². The Balaban J connectivity index is 2.11. The average molecular weight is 196 g/mol. The van der Waals surface area contributed by atoms with Crippen LogP contribution in [0.15, 0.2) is 12.5 Å². The first kappa shape index (κ1) is 9.21. The summed E-state index contributed by atoms with van der Waals surface area (Å²) in [5.41, 5.74) is 0.108. The molecule has 1 fully saturated rings. The first-order chi connectivity index (χ1) is 6.77. The van der Waals surface area contributed by atoms with Gasteiger partial charge in [0.2, 0.25) is 0 Å². The summed E-state index contributed by atoms with van der Waals surface area (Å²) < 4.78 is 7.09. The molecule has 0 atom stereocenters. The summed E-state index contributed by atoms with van der Waals surface area (Å²) in [6.07, 6.45) is 5.02. The molecule has 0 amide bonds. The number of carbonyl (C=O) groups is 1. The summed E-state index contributed by atoms with van der Waals surface area (Å²) in [6.45, 7) is 1.48. The van der Waals surface area contributed by atoms with Crippen molar-refractivity contribution in [3.05, 3.63) is 18.2 Å². The predicted octanol–water partition coefficient (Wildman–Crippen LogP) is 0.933. The van der Waals surface area contributed by atoms with Crippen LogP contribution >= 0.6 is 0 Å². The van der Waals surface area contributed by atoms with Gasteiger partial charge in [0, 0.05) is 25.5 Å². The molecular weight excluding hydrogens is 184 g/mol. The van der Waals surface area contributed by atoms with Gasteiger partial charge in [0.15, 0.2) is 5.69 Å². The summed E-state index contributed by atoms with van der Waals surface area (Å²) in [7, 11) is 0. The fraction of sp³-hybridized carbons (Fsp3) is 0.556. The Bertz CT molecular complexity index is 329. The second kappa shape index (κ2) is 3.79. The topological polar surface area (TPSA) is 64.3 Å². The van der Waals surface area contributed by atoms with Gasteiger partial charge in [-0.15, -0.1) is 0 Å². The lowest BCUT2D eigenvalue weighted by molar-refractivity contribution is 0.0683. The monoisotopic (exact) mass is 196 g/mol. The Kier molecular flexibility index (Phi) is 2.49. The van der Waals surface area contributed by atoms with Gasteiger partial charge in [-0.1, -0.05) is 0 Å². The van der Waals surface area contributed by atoms with Crippen LogP contribution in [0.2, 0.25) is 0 Å². The van der Waals surface area contributed by atoms with Gasteiger partial charge >= 0.3 is 5.97 Å². The van der Waals surface area contributed by atoms with Crippen molar-refractivity contribution in [2.45, 2.75) is 18.9 Å². The number of aromatic carboxylic acids is 1. The number of rotatable bonds is 2. The molecule has 76 valence electrons. The van der Waals surface area contributed by atoms with Crippen molar-refractivity contribution < 1.29 is 14.6 Å². The third kappa shape index (κ3) is 1.77. The van der Waals surface area contributed by atoms with Gasteiger partial charge in [0.1, 0.15) is 0 Å². The molecule has 2 rings (SSSR count). The Hall–Kier alpha value is -1.36. The molecule has 1 aliphatic rings. The van der Waals surface area contributed by atoms with E-state index in [1.54, 1.807) is 12.5 Å². The van der Waals surface area contributed by atoms with Gasteiger partial charge in [-0.3, -0.25) is 0 Å². The van der Waals surface area contributed by atoms with Crippen LogP contribution in [0.25, 0.3) is 0 Å². The second-order valence-corrected chi connectivity index (χ2v) is 3.35. The highest BCUT2D eigenvalue weighted by Gasteiger charge is 2.17. The van der Waals surface area contributed by atoms with Crippen molar-refractivity contribution in [1.82, 2.24) is 9.55 Å². The quantitative estimate of drug-likeness (QED) is 0.764. The van der Waals surface area contributed by atoms with E-state index in [-0.39, 0.29) is 5.69 Å². The highest BCUT2D eigenvalue weighted by molar-refractivity contribution is 5.84. The first-order valence-corrected chi connectivity index (χ1v) is 4.62. The largest absolute Gasteiger partial charge is 0.476 e. The number of aromatic nitrogens is 2. The second-order valence-electron chi connectivity index (χ2n) is 3.35. The molecule has 1 N–H and O–H groups in total. The number of carboxylic acids is 1. The maximum Gasteiger partial charge on any atom is 0.356 e. The Morgan fingerprint density at radius 1 is 1.57 bits per heavy atom. The van der Waals surface area contributed by atoms with Gasteiger partial charge in [0.05, 0.1) is 6.33 Å². The molecule has 0 unspecified atom stereocenters. The zero-order chi connectivity index (χ0) is 9.97. The van der Waals surface area contributed by atoms with Crippen LogP contribution in [0.3, 0.4) is 0 Å². The van der Waals surface area contributed by atoms with E-state index in [0.717, 1.165) is 26.1 Å². The van der Waals surface area contributed by atoms with Crippen LogP contribution in [0.4, 0.5) is 0 Å². The van der Waals surface area contributed by atoms with Crippen LogP contribution in [0.1, 0.15) is 29.4 Å². The summed E-state index contributed by atoms with van der Waals surface area (Å²) in [5.74, 6) is -0.976. The maximum absolute atomic E-state index is 10.6. The van der Waals surface area contributed by atoms with Crippen LogP contribution in [0, 0.1) is 0 Å². The Morgan fingerprint density at radius 3 is 2.86 bits per heavy atom. The molecule has 0 aliphatic carbocycles. The highest BCUT2D eigenvalue weighted by Crippen LogP contribution is 2.20. The van der Waals surface area contributed by atoms with Crippen molar-refractivity contribution >= 4 is 5.97 Å². The average Bonchev–Trinajstić information content (AvgIpc) is 2.68. The molecule has 0 aromatic carbocycles. The molecule has 0 saturated carbocycles. The lowest BCUT2D eigenvalue weighted by atomic mass is 10.1. The van der Waals surface area contributed by atoms with Gasteiger partial charge in [-0.05, 0) is 12.8 Å². The molecule has 0 bridgehead atoms. The lowest BCUT2D eigenvalue weighted by Crippen LogP contribution is -2.18. The molecule has 1 aromatic heterocycles. The fourth-order valence-corrected chi connectivity index (χ4v) is 1.63. The summed E-state index contributed by atoms with van der Waals surface area (Å²) in [4.78, 5) is 14.4. The zero-order valence-corrected chi connectivity index (χ0v) is 7.72. The number of hydrogen-bond donors (Lipinski definition) is 1. The van der Waals surface area contributed by atoms with Crippen molar-refractivity contribution in [1.29, 1.82) is 0 Å². The minimum atomic E-state index is -0.976. The number of carboxylic acid groups (broad SMARTS) is 1. The van der Waals surface area contributed by atoms with E-state index in [2.05, 4.69) is 4.98 Å². The molecule has 1 aliphatic heterocycles. The lowest BCUT2D eigenvalue weighted by Gasteiger charge is -2.22. The molecule has 1 aromatic rings. The normalized spacial score (nSPS) is 18.3. The van der Waals surface area contributed by atoms with E-state index in [1.165, 1.54) is 0 Å². The van der Waals surface area contributed by atoms with E-state index >= 15 is 0 Å². The number of ether oxygens (including phenoxy) is 1. The molecular formula is C9H12N2O3. The zero-order valence-electron chi connectivity index (χ0n) is 7.72. The third-order valence-corrected chi connectivity index (χ3v) is 2.43. The standard InChI is InChI=1S/C9H12N2O3/c12-9(13)8-5-11(6-10-8)7-1-3-14-4-2-7/h5-7H,1-4H2,(H,12,13). The SMILES string of the molecule is O=C(O)c1cn(C2CCOCC2)cn1. The van der Waals surface area contributed by atoms with Crippen LogP contribution in [-0.2, 0) is 4.74 Å². The van der Waals surface area contributed by atoms with Gasteiger partial charge in [-0.2, -0.15) is 0 Å². The van der Waals surface area contributed by atoms with Gasteiger partial charge in [0.25, 0.3) is 0 Å².